The SMILES string of the molecule is COc1cc(Nc2nc(-c3cccnc3)nc3sc4c(c23)CCCC4)cc(OC)c1. The van der Waals surface area contributed by atoms with E-state index in [1.54, 1.807) is 38.0 Å². The van der Waals surface area contributed by atoms with E-state index in [0.717, 1.165) is 51.6 Å². The van der Waals surface area contributed by atoms with Gasteiger partial charge in [0.05, 0.1) is 19.6 Å². The van der Waals surface area contributed by atoms with Crippen LogP contribution < -0.4 is 14.8 Å². The number of rotatable bonds is 5. The summed E-state index contributed by atoms with van der Waals surface area (Å²) in [5.74, 6) is 2.93. The number of hydrogen-bond donors (Lipinski definition) is 1. The number of aromatic nitrogens is 3. The van der Waals surface area contributed by atoms with Crippen LogP contribution in [0.5, 0.6) is 11.5 Å². The monoisotopic (exact) mass is 418 g/mol. The smallest absolute Gasteiger partial charge is 0.164 e. The molecule has 6 nitrogen and oxygen atoms in total. The number of anilines is 2. The van der Waals surface area contributed by atoms with E-state index in [9.17, 15) is 0 Å². The third-order valence-corrected chi connectivity index (χ3v) is 6.53. The van der Waals surface area contributed by atoms with Gasteiger partial charge in [0.25, 0.3) is 0 Å². The molecule has 0 aliphatic heterocycles. The van der Waals surface area contributed by atoms with Crippen LogP contribution in [-0.2, 0) is 12.8 Å². The summed E-state index contributed by atoms with van der Waals surface area (Å²) < 4.78 is 10.9. The fourth-order valence-corrected chi connectivity index (χ4v) is 5.15. The molecule has 1 aromatic carbocycles. The van der Waals surface area contributed by atoms with E-state index in [2.05, 4.69) is 10.3 Å². The Morgan fingerprint density at radius 1 is 1.00 bits per heavy atom. The van der Waals surface area contributed by atoms with E-state index in [0.29, 0.717) is 5.82 Å². The number of ether oxygens (including phenoxy) is 2. The number of fused-ring (bicyclic) bond motifs is 3. The minimum atomic E-state index is 0.673. The summed E-state index contributed by atoms with van der Waals surface area (Å²) in [4.78, 5) is 16.5. The van der Waals surface area contributed by atoms with Crippen LogP contribution in [0.2, 0.25) is 0 Å². The molecule has 0 unspecified atom stereocenters. The number of nitrogens with one attached hydrogen (secondary N) is 1. The minimum absolute atomic E-state index is 0.673. The summed E-state index contributed by atoms with van der Waals surface area (Å²) in [6.07, 6.45) is 8.18. The molecule has 0 radical (unpaired) electrons. The number of thiophene rings is 1. The largest absolute Gasteiger partial charge is 0.497 e. The van der Waals surface area contributed by atoms with Gasteiger partial charge in [0.2, 0.25) is 0 Å². The molecule has 1 N–H and O–H groups in total. The third kappa shape index (κ3) is 3.45. The molecule has 4 aromatic rings. The van der Waals surface area contributed by atoms with Crippen LogP contribution >= 0.6 is 11.3 Å². The molecule has 3 aromatic heterocycles. The molecule has 0 saturated carbocycles. The lowest BCUT2D eigenvalue weighted by molar-refractivity contribution is 0.395. The fourth-order valence-electron chi connectivity index (χ4n) is 3.89. The van der Waals surface area contributed by atoms with Gasteiger partial charge in [-0.05, 0) is 43.4 Å². The summed E-state index contributed by atoms with van der Waals surface area (Å²) in [6, 6.07) is 9.63. The first-order chi connectivity index (χ1) is 14.7. The van der Waals surface area contributed by atoms with Gasteiger partial charge in [-0.2, -0.15) is 0 Å². The van der Waals surface area contributed by atoms with E-state index < -0.39 is 0 Å². The average Bonchev–Trinajstić information content (AvgIpc) is 3.18. The minimum Gasteiger partial charge on any atom is -0.497 e. The highest BCUT2D eigenvalue weighted by Crippen LogP contribution is 2.41. The predicted molar refractivity (Wildman–Crippen MR) is 120 cm³/mol. The highest BCUT2D eigenvalue weighted by Gasteiger charge is 2.22. The molecule has 152 valence electrons. The normalized spacial score (nSPS) is 13.1. The van der Waals surface area contributed by atoms with Crippen LogP contribution in [0.4, 0.5) is 11.5 Å². The van der Waals surface area contributed by atoms with Crippen molar-refractivity contribution in [1.29, 1.82) is 0 Å². The van der Waals surface area contributed by atoms with Gasteiger partial charge >= 0.3 is 0 Å². The van der Waals surface area contributed by atoms with E-state index in [4.69, 9.17) is 19.4 Å². The summed E-state index contributed by atoms with van der Waals surface area (Å²) in [6.45, 7) is 0. The van der Waals surface area contributed by atoms with Crippen molar-refractivity contribution in [3.8, 4) is 22.9 Å². The van der Waals surface area contributed by atoms with Crippen LogP contribution in [0.25, 0.3) is 21.6 Å². The number of methoxy groups -OCH3 is 2. The fraction of sp³-hybridized carbons (Fsp3) is 0.261. The average molecular weight is 419 g/mol. The Kier molecular flexibility index (Phi) is 4.96. The van der Waals surface area contributed by atoms with Crippen LogP contribution in [-0.4, -0.2) is 29.2 Å². The van der Waals surface area contributed by atoms with E-state index in [1.807, 2.05) is 30.3 Å². The van der Waals surface area contributed by atoms with Crippen LogP contribution in [0, 0.1) is 0 Å². The lowest BCUT2D eigenvalue weighted by atomic mass is 9.97. The van der Waals surface area contributed by atoms with Crippen molar-refractivity contribution in [2.45, 2.75) is 25.7 Å². The first kappa shape index (κ1) is 18.8. The van der Waals surface area contributed by atoms with Crippen molar-refractivity contribution in [2.24, 2.45) is 0 Å². The predicted octanol–water partition coefficient (Wildman–Crippen LogP) is 5.39. The number of pyridine rings is 1. The quantitative estimate of drug-likeness (QED) is 0.468. The second kappa shape index (κ2) is 7.91. The van der Waals surface area contributed by atoms with Gasteiger partial charge in [-0.1, -0.05) is 0 Å². The van der Waals surface area contributed by atoms with E-state index >= 15 is 0 Å². The Morgan fingerprint density at radius 2 is 1.80 bits per heavy atom. The van der Waals surface area contributed by atoms with Gasteiger partial charge in [0.1, 0.15) is 22.1 Å². The number of hydrogen-bond acceptors (Lipinski definition) is 7. The number of aryl methyl sites for hydroxylation is 2. The van der Waals surface area contributed by atoms with Crippen molar-refractivity contribution in [3.05, 3.63) is 53.2 Å². The molecule has 0 amide bonds. The summed E-state index contributed by atoms with van der Waals surface area (Å²) in [5.41, 5.74) is 3.15. The zero-order valence-electron chi connectivity index (χ0n) is 16.9. The zero-order chi connectivity index (χ0) is 20.5. The molecular weight excluding hydrogens is 396 g/mol. The number of benzene rings is 1. The van der Waals surface area contributed by atoms with Crippen molar-refractivity contribution < 1.29 is 9.47 Å². The Hall–Kier alpha value is -3.19. The molecule has 0 bridgehead atoms. The van der Waals surface area contributed by atoms with Gasteiger partial charge in [0.15, 0.2) is 5.82 Å². The van der Waals surface area contributed by atoms with Gasteiger partial charge in [-0.3, -0.25) is 4.98 Å². The highest BCUT2D eigenvalue weighted by atomic mass is 32.1. The molecule has 7 heteroatoms. The van der Waals surface area contributed by atoms with Gasteiger partial charge < -0.3 is 14.8 Å². The topological polar surface area (TPSA) is 69.2 Å². The summed E-state index contributed by atoms with van der Waals surface area (Å²) in [7, 11) is 3.30. The second-order valence-electron chi connectivity index (χ2n) is 7.25. The first-order valence-corrected chi connectivity index (χ1v) is 10.8. The van der Waals surface area contributed by atoms with E-state index in [-0.39, 0.29) is 0 Å². The van der Waals surface area contributed by atoms with Gasteiger partial charge in [-0.15, -0.1) is 11.3 Å². The van der Waals surface area contributed by atoms with Crippen molar-refractivity contribution in [2.75, 3.05) is 19.5 Å². The Morgan fingerprint density at radius 3 is 2.53 bits per heavy atom. The third-order valence-electron chi connectivity index (χ3n) is 5.35. The van der Waals surface area contributed by atoms with E-state index in [1.165, 1.54) is 23.3 Å². The Labute approximate surface area is 178 Å². The molecule has 0 atom stereocenters. The Balaban J connectivity index is 1.68. The molecule has 1 aliphatic carbocycles. The molecular formula is C23H22N4O2S. The second-order valence-corrected chi connectivity index (χ2v) is 8.34. The maximum atomic E-state index is 5.43. The lowest BCUT2D eigenvalue weighted by Crippen LogP contribution is -2.02. The standard InChI is InChI=1S/C23H22N4O2S/c1-28-16-10-15(11-17(12-16)29-2)25-22-20-18-7-3-4-8-19(18)30-23(20)27-21(26-22)14-6-5-9-24-13-14/h5-6,9-13H,3-4,7-8H2,1-2H3,(H,25,26,27). The van der Waals surface area contributed by atoms with Crippen molar-refractivity contribution in [1.82, 2.24) is 15.0 Å². The Bertz CT molecular complexity index is 1180. The summed E-state index contributed by atoms with van der Waals surface area (Å²) in [5, 5.41) is 4.65. The van der Waals surface area contributed by atoms with Crippen LogP contribution in [0.3, 0.4) is 0 Å². The first-order valence-electron chi connectivity index (χ1n) is 9.98. The van der Waals surface area contributed by atoms with Gasteiger partial charge in [0, 0.05) is 46.7 Å². The lowest BCUT2D eigenvalue weighted by Gasteiger charge is -2.14. The molecule has 0 fully saturated rings. The molecule has 1 aliphatic rings. The van der Waals surface area contributed by atoms with Crippen molar-refractivity contribution >= 4 is 33.1 Å². The van der Waals surface area contributed by atoms with Gasteiger partial charge in [-0.25, -0.2) is 9.97 Å². The molecule has 0 saturated heterocycles. The summed E-state index contributed by atoms with van der Waals surface area (Å²) >= 11 is 1.79. The molecule has 5 rings (SSSR count). The molecule has 3 heterocycles. The maximum absolute atomic E-state index is 5.43. The maximum Gasteiger partial charge on any atom is 0.164 e. The zero-order valence-corrected chi connectivity index (χ0v) is 17.8. The van der Waals surface area contributed by atoms with Crippen LogP contribution in [0.1, 0.15) is 23.3 Å². The van der Waals surface area contributed by atoms with Crippen molar-refractivity contribution in [3.63, 3.8) is 0 Å². The highest BCUT2D eigenvalue weighted by molar-refractivity contribution is 7.19. The number of nitrogens with zero attached hydrogens (tertiary/aromatic N) is 3. The van der Waals surface area contributed by atoms with Crippen LogP contribution in [0.15, 0.2) is 42.7 Å². The molecule has 30 heavy (non-hydrogen) atoms. The molecule has 0 spiro atoms.